The van der Waals surface area contributed by atoms with Crippen molar-refractivity contribution in [2.45, 2.75) is 25.7 Å². The van der Waals surface area contributed by atoms with Crippen LogP contribution in [0, 0.1) is 0 Å². The average molecular weight is 307 g/mol. The van der Waals surface area contributed by atoms with E-state index in [2.05, 4.69) is 35.3 Å². The highest BCUT2D eigenvalue weighted by molar-refractivity contribution is 5.85. The highest BCUT2D eigenvalue weighted by atomic mass is 16.2. The second kappa shape index (κ2) is 5.61. The van der Waals surface area contributed by atoms with Gasteiger partial charge in [0.05, 0.1) is 0 Å². The summed E-state index contributed by atoms with van der Waals surface area (Å²) in [5, 5.41) is 0. The predicted octanol–water partition coefficient (Wildman–Crippen LogP) is 3.09. The average Bonchev–Trinajstić information content (AvgIpc) is 2.97. The number of hydrogen-bond donors (Lipinski definition) is 2. The van der Waals surface area contributed by atoms with Gasteiger partial charge in [0.25, 0.3) is 0 Å². The first kappa shape index (κ1) is 14.1. The van der Waals surface area contributed by atoms with Crippen LogP contribution in [0.2, 0.25) is 0 Å². The third-order valence-corrected chi connectivity index (χ3v) is 5.07. The van der Waals surface area contributed by atoms with Crippen LogP contribution < -0.4 is 5.73 Å². The molecule has 2 aromatic rings. The molecule has 1 aromatic heterocycles. The van der Waals surface area contributed by atoms with E-state index in [1.54, 1.807) is 4.90 Å². The molecule has 0 spiro atoms. The number of benzene rings is 1. The Balaban J connectivity index is 1.82. The fourth-order valence-electron chi connectivity index (χ4n) is 3.84. The van der Waals surface area contributed by atoms with Crippen molar-refractivity contribution >= 4 is 11.6 Å². The Labute approximate surface area is 136 Å². The van der Waals surface area contributed by atoms with Crippen molar-refractivity contribution in [2.75, 3.05) is 13.1 Å². The van der Waals surface area contributed by atoms with Crippen molar-refractivity contribution < 1.29 is 4.79 Å². The summed E-state index contributed by atoms with van der Waals surface area (Å²) in [7, 11) is 0. The zero-order valence-electron chi connectivity index (χ0n) is 13.1. The van der Waals surface area contributed by atoms with Gasteiger partial charge in [0.1, 0.15) is 0 Å². The maximum Gasteiger partial charge on any atom is 0.314 e. The summed E-state index contributed by atoms with van der Waals surface area (Å²) in [4.78, 5) is 16.6. The molecule has 0 saturated carbocycles. The molecule has 1 aliphatic heterocycles. The third-order valence-electron chi connectivity index (χ3n) is 5.07. The Bertz CT molecular complexity index is 777. The molecule has 0 radical (unpaired) electrons. The Morgan fingerprint density at radius 3 is 2.52 bits per heavy atom. The lowest BCUT2D eigenvalue weighted by Crippen LogP contribution is -2.40. The van der Waals surface area contributed by atoms with E-state index in [1.807, 2.05) is 6.20 Å². The van der Waals surface area contributed by atoms with Gasteiger partial charge in [-0.1, -0.05) is 29.8 Å². The van der Waals surface area contributed by atoms with Gasteiger partial charge in [-0.3, -0.25) is 0 Å². The molecule has 2 amide bonds. The minimum atomic E-state index is -0.309. The quantitative estimate of drug-likeness (QED) is 0.772. The fraction of sp³-hybridized carbons (Fsp3) is 0.316. The van der Waals surface area contributed by atoms with Crippen molar-refractivity contribution in [3.63, 3.8) is 0 Å². The lowest BCUT2D eigenvalue weighted by atomic mass is 9.89. The molecule has 1 aliphatic carbocycles. The smallest absolute Gasteiger partial charge is 0.314 e. The summed E-state index contributed by atoms with van der Waals surface area (Å²) < 4.78 is 0. The second-order valence-corrected chi connectivity index (χ2v) is 6.34. The molecule has 1 aromatic carbocycles. The van der Waals surface area contributed by atoms with Crippen LogP contribution in [-0.4, -0.2) is 29.0 Å². The number of nitrogens with two attached hydrogens (primary N) is 1. The SMILES string of the molecule is NC(=O)N1CCC(=C2c3ccccc3CCc3cc[nH]c32)CC1. The molecule has 0 bridgehead atoms. The number of nitrogens with zero attached hydrogens (tertiary/aromatic N) is 1. The van der Waals surface area contributed by atoms with Gasteiger partial charge >= 0.3 is 6.03 Å². The minimum absolute atomic E-state index is 0.309. The fourth-order valence-corrected chi connectivity index (χ4v) is 3.84. The van der Waals surface area contributed by atoms with Crippen molar-refractivity contribution in [3.05, 3.63) is 64.5 Å². The van der Waals surface area contributed by atoms with Crippen molar-refractivity contribution in [3.8, 4) is 0 Å². The number of aromatic amines is 1. The number of urea groups is 1. The molecule has 4 nitrogen and oxygen atoms in total. The number of amides is 2. The molecule has 3 N–H and O–H groups in total. The summed E-state index contributed by atoms with van der Waals surface area (Å²) >= 11 is 0. The number of primary amides is 1. The van der Waals surface area contributed by atoms with Crippen molar-refractivity contribution in [1.29, 1.82) is 0 Å². The van der Waals surface area contributed by atoms with Gasteiger partial charge < -0.3 is 15.6 Å². The predicted molar refractivity (Wildman–Crippen MR) is 91.1 cm³/mol. The van der Waals surface area contributed by atoms with Gasteiger partial charge in [0.2, 0.25) is 0 Å². The van der Waals surface area contributed by atoms with E-state index >= 15 is 0 Å². The summed E-state index contributed by atoms with van der Waals surface area (Å²) in [5.41, 5.74) is 13.6. The van der Waals surface area contributed by atoms with E-state index in [0.717, 1.165) is 25.7 Å². The van der Waals surface area contributed by atoms with Crippen LogP contribution in [-0.2, 0) is 12.8 Å². The van der Waals surface area contributed by atoms with E-state index in [4.69, 9.17) is 5.73 Å². The largest absolute Gasteiger partial charge is 0.361 e. The topological polar surface area (TPSA) is 62.1 Å². The van der Waals surface area contributed by atoms with E-state index in [9.17, 15) is 4.79 Å². The number of aromatic nitrogens is 1. The zero-order valence-corrected chi connectivity index (χ0v) is 13.1. The van der Waals surface area contributed by atoms with Gasteiger partial charge in [-0.2, -0.15) is 0 Å². The number of nitrogens with one attached hydrogen (secondary N) is 1. The summed E-state index contributed by atoms with van der Waals surface area (Å²) in [6.07, 6.45) is 5.97. The maximum absolute atomic E-state index is 11.4. The number of aryl methyl sites for hydroxylation is 2. The van der Waals surface area contributed by atoms with Gasteiger partial charge in [0.15, 0.2) is 0 Å². The van der Waals surface area contributed by atoms with Gasteiger partial charge in [-0.15, -0.1) is 0 Å². The third kappa shape index (κ3) is 2.44. The first-order valence-electron chi connectivity index (χ1n) is 8.25. The molecule has 2 aliphatic rings. The number of piperidine rings is 1. The van der Waals surface area contributed by atoms with Crippen LogP contribution in [0.25, 0.3) is 5.57 Å². The van der Waals surface area contributed by atoms with Gasteiger partial charge in [-0.05, 0) is 48.4 Å². The lowest BCUT2D eigenvalue weighted by molar-refractivity contribution is 0.203. The van der Waals surface area contributed by atoms with Crippen LogP contribution in [0.5, 0.6) is 0 Å². The van der Waals surface area contributed by atoms with Crippen LogP contribution in [0.3, 0.4) is 0 Å². The Hall–Kier alpha value is -2.49. The number of carbonyl (C=O) groups excluding carboxylic acids is 1. The van der Waals surface area contributed by atoms with Crippen LogP contribution in [0.1, 0.15) is 35.2 Å². The van der Waals surface area contributed by atoms with E-state index in [0.29, 0.717) is 13.1 Å². The molecular formula is C19H21N3O. The monoisotopic (exact) mass is 307 g/mol. The molecule has 2 heterocycles. The molecular weight excluding hydrogens is 286 g/mol. The van der Waals surface area contributed by atoms with Crippen LogP contribution in [0.4, 0.5) is 4.79 Å². The summed E-state index contributed by atoms with van der Waals surface area (Å²) in [6, 6.07) is 10.6. The zero-order chi connectivity index (χ0) is 15.8. The highest BCUT2D eigenvalue weighted by Crippen LogP contribution is 2.37. The minimum Gasteiger partial charge on any atom is -0.361 e. The molecule has 0 atom stereocenters. The number of likely N-dealkylation sites (tertiary alicyclic amines) is 1. The standard InChI is InChI=1S/C19H21N3O/c20-19(23)22-11-8-14(9-12-22)17-16-4-2-1-3-13(16)5-6-15-7-10-21-18(15)17/h1-4,7,10,21H,5-6,8-9,11-12H2,(H2,20,23). The maximum atomic E-state index is 11.4. The van der Waals surface area contributed by atoms with Crippen LogP contribution in [0.15, 0.2) is 42.1 Å². The van der Waals surface area contributed by atoms with Gasteiger partial charge in [0, 0.05) is 30.6 Å². The lowest BCUT2D eigenvalue weighted by Gasteiger charge is -2.29. The molecule has 1 fully saturated rings. The van der Waals surface area contributed by atoms with Crippen LogP contribution >= 0.6 is 0 Å². The number of H-pyrrole nitrogens is 1. The highest BCUT2D eigenvalue weighted by Gasteiger charge is 2.25. The first-order chi connectivity index (χ1) is 11.2. The Morgan fingerprint density at radius 1 is 1.00 bits per heavy atom. The summed E-state index contributed by atoms with van der Waals surface area (Å²) in [6.45, 7) is 1.43. The molecule has 118 valence electrons. The molecule has 23 heavy (non-hydrogen) atoms. The molecule has 1 saturated heterocycles. The Kier molecular flexibility index (Phi) is 3.45. The second-order valence-electron chi connectivity index (χ2n) is 6.34. The van der Waals surface area contributed by atoms with Crippen molar-refractivity contribution in [1.82, 2.24) is 9.88 Å². The number of carbonyl (C=O) groups is 1. The first-order valence-corrected chi connectivity index (χ1v) is 8.25. The molecule has 0 unspecified atom stereocenters. The van der Waals surface area contributed by atoms with E-state index in [1.165, 1.54) is 33.5 Å². The Morgan fingerprint density at radius 2 is 1.74 bits per heavy atom. The molecule has 4 heteroatoms. The van der Waals surface area contributed by atoms with E-state index in [-0.39, 0.29) is 6.03 Å². The normalized spacial score (nSPS) is 17.5. The molecule has 4 rings (SSSR count). The number of rotatable bonds is 0. The summed E-state index contributed by atoms with van der Waals surface area (Å²) in [5.74, 6) is 0. The van der Waals surface area contributed by atoms with E-state index < -0.39 is 0 Å². The van der Waals surface area contributed by atoms with Gasteiger partial charge in [-0.25, -0.2) is 4.79 Å². The van der Waals surface area contributed by atoms with Crippen molar-refractivity contribution in [2.24, 2.45) is 5.73 Å². The number of hydrogen-bond acceptors (Lipinski definition) is 1. The number of fused-ring (bicyclic) bond motifs is 2.